The minimum atomic E-state index is -0.184. The number of methoxy groups -OCH3 is 1. The monoisotopic (exact) mass is 269 g/mol. The van der Waals surface area contributed by atoms with E-state index < -0.39 is 0 Å². The van der Waals surface area contributed by atoms with Gasteiger partial charge < -0.3 is 10.1 Å². The molecule has 0 bridgehead atoms. The molecule has 0 aliphatic heterocycles. The van der Waals surface area contributed by atoms with E-state index in [1.807, 2.05) is 0 Å². The van der Waals surface area contributed by atoms with Gasteiger partial charge in [-0.3, -0.25) is 4.79 Å². The largest absolute Gasteiger partial charge is 0.497 e. The van der Waals surface area contributed by atoms with Gasteiger partial charge in [0.05, 0.1) is 7.11 Å². The number of amides is 1. The van der Waals surface area contributed by atoms with E-state index in [0.717, 1.165) is 30.5 Å². The minimum Gasteiger partial charge on any atom is -0.497 e. The molecule has 1 aliphatic carbocycles. The number of ether oxygens (including phenoxy) is 1. The molecule has 20 heavy (non-hydrogen) atoms. The third-order valence-electron chi connectivity index (χ3n) is 3.44. The Labute approximate surface area is 117 Å². The number of hydrogen-bond donors (Lipinski definition) is 1. The van der Waals surface area contributed by atoms with E-state index in [0.29, 0.717) is 17.1 Å². The van der Waals surface area contributed by atoms with Crippen molar-refractivity contribution in [2.45, 2.75) is 19.3 Å². The van der Waals surface area contributed by atoms with Crippen LogP contribution in [0.1, 0.15) is 28.0 Å². The molecule has 0 saturated carbocycles. The molecule has 1 amide bonds. The number of fused-ring (bicyclic) bond motifs is 1. The molecule has 5 nitrogen and oxygen atoms in total. The summed E-state index contributed by atoms with van der Waals surface area (Å²) in [6, 6.07) is 7.05. The Morgan fingerprint density at radius 2 is 2.20 bits per heavy atom. The highest BCUT2D eigenvalue weighted by Gasteiger charge is 2.18. The van der Waals surface area contributed by atoms with Gasteiger partial charge in [-0.25, -0.2) is 9.97 Å². The zero-order valence-corrected chi connectivity index (χ0v) is 11.2. The standard InChI is InChI=1S/C15H15N3O2/c1-20-11-5-2-4-10(8-11)15(19)18-14-12-6-3-7-13(12)16-9-17-14/h2,4-5,8-9H,3,6-7H2,1H3,(H,16,17,18,19). The van der Waals surface area contributed by atoms with Crippen LogP contribution in [0.2, 0.25) is 0 Å². The van der Waals surface area contributed by atoms with E-state index in [-0.39, 0.29) is 5.91 Å². The number of anilines is 1. The van der Waals surface area contributed by atoms with Gasteiger partial charge >= 0.3 is 0 Å². The summed E-state index contributed by atoms with van der Waals surface area (Å²) in [5.41, 5.74) is 2.65. The van der Waals surface area contributed by atoms with Gasteiger partial charge in [0.1, 0.15) is 17.9 Å². The molecule has 1 aromatic heterocycles. The summed E-state index contributed by atoms with van der Waals surface area (Å²) in [4.78, 5) is 20.7. The fourth-order valence-electron chi connectivity index (χ4n) is 2.41. The molecule has 1 aromatic carbocycles. The number of nitrogens with one attached hydrogen (secondary N) is 1. The maximum absolute atomic E-state index is 12.3. The summed E-state index contributed by atoms with van der Waals surface area (Å²) in [5.74, 6) is 1.10. The summed E-state index contributed by atoms with van der Waals surface area (Å²) in [5, 5.41) is 2.86. The predicted molar refractivity (Wildman–Crippen MR) is 75.0 cm³/mol. The van der Waals surface area contributed by atoms with Crippen LogP contribution in [0.15, 0.2) is 30.6 Å². The second-order valence-electron chi connectivity index (χ2n) is 4.69. The average Bonchev–Trinajstić information content (AvgIpc) is 2.97. The van der Waals surface area contributed by atoms with Crippen LogP contribution in [-0.4, -0.2) is 23.0 Å². The maximum Gasteiger partial charge on any atom is 0.256 e. The number of carbonyl (C=O) groups is 1. The van der Waals surface area contributed by atoms with Gasteiger partial charge in [-0.15, -0.1) is 0 Å². The molecule has 0 saturated heterocycles. The molecule has 1 heterocycles. The zero-order valence-electron chi connectivity index (χ0n) is 11.2. The molecule has 0 radical (unpaired) electrons. The van der Waals surface area contributed by atoms with Crippen molar-refractivity contribution in [3.05, 3.63) is 47.4 Å². The van der Waals surface area contributed by atoms with E-state index in [4.69, 9.17) is 4.74 Å². The van der Waals surface area contributed by atoms with Crippen LogP contribution in [0.3, 0.4) is 0 Å². The first-order chi connectivity index (χ1) is 9.78. The van der Waals surface area contributed by atoms with Crippen molar-refractivity contribution in [2.24, 2.45) is 0 Å². The summed E-state index contributed by atoms with van der Waals surface area (Å²) in [7, 11) is 1.58. The number of nitrogens with zero attached hydrogens (tertiary/aromatic N) is 2. The van der Waals surface area contributed by atoms with E-state index in [2.05, 4.69) is 15.3 Å². The highest BCUT2D eigenvalue weighted by Crippen LogP contribution is 2.25. The van der Waals surface area contributed by atoms with Crippen molar-refractivity contribution in [2.75, 3.05) is 12.4 Å². The second kappa shape index (κ2) is 5.28. The van der Waals surface area contributed by atoms with E-state index >= 15 is 0 Å². The summed E-state index contributed by atoms with van der Waals surface area (Å²) < 4.78 is 5.12. The predicted octanol–water partition coefficient (Wildman–Crippen LogP) is 2.23. The van der Waals surface area contributed by atoms with Crippen LogP contribution in [0, 0.1) is 0 Å². The van der Waals surface area contributed by atoms with Gasteiger partial charge in [0, 0.05) is 16.8 Å². The Morgan fingerprint density at radius 3 is 3.05 bits per heavy atom. The number of aryl methyl sites for hydroxylation is 1. The molecule has 0 atom stereocenters. The molecular weight excluding hydrogens is 254 g/mol. The van der Waals surface area contributed by atoms with E-state index in [9.17, 15) is 4.79 Å². The van der Waals surface area contributed by atoms with Crippen LogP contribution in [0.4, 0.5) is 5.82 Å². The molecule has 3 rings (SSSR count). The molecule has 2 aromatic rings. The zero-order chi connectivity index (χ0) is 13.9. The lowest BCUT2D eigenvalue weighted by Gasteiger charge is -2.09. The number of aromatic nitrogens is 2. The van der Waals surface area contributed by atoms with Gasteiger partial charge in [-0.05, 0) is 37.5 Å². The summed E-state index contributed by atoms with van der Waals surface area (Å²) >= 11 is 0. The fraction of sp³-hybridized carbons (Fsp3) is 0.267. The Hall–Kier alpha value is -2.43. The first-order valence-corrected chi connectivity index (χ1v) is 6.56. The van der Waals surface area contributed by atoms with Gasteiger partial charge in [0.25, 0.3) is 5.91 Å². The smallest absolute Gasteiger partial charge is 0.256 e. The topological polar surface area (TPSA) is 64.1 Å². The molecule has 0 unspecified atom stereocenters. The first-order valence-electron chi connectivity index (χ1n) is 6.56. The SMILES string of the molecule is COc1cccc(C(=O)Nc2ncnc3c2CCC3)c1. The number of carbonyl (C=O) groups excluding carboxylic acids is 1. The van der Waals surface area contributed by atoms with E-state index in [1.54, 1.807) is 31.4 Å². The van der Waals surface area contributed by atoms with Gasteiger partial charge in [0.2, 0.25) is 0 Å². The molecule has 1 aliphatic rings. The van der Waals surface area contributed by atoms with Gasteiger partial charge in [-0.2, -0.15) is 0 Å². The molecule has 1 N–H and O–H groups in total. The average molecular weight is 269 g/mol. The molecule has 5 heteroatoms. The summed E-state index contributed by atoms with van der Waals surface area (Å²) in [6.07, 6.45) is 4.45. The molecule has 102 valence electrons. The third kappa shape index (κ3) is 2.34. The van der Waals surface area contributed by atoms with Crippen LogP contribution >= 0.6 is 0 Å². The Morgan fingerprint density at radius 1 is 1.30 bits per heavy atom. The van der Waals surface area contributed by atoms with Gasteiger partial charge in [0.15, 0.2) is 0 Å². The van der Waals surface area contributed by atoms with Crippen LogP contribution in [-0.2, 0) is 12.8 Å². The highest BCUT2D eigenvalue weighted by molar-refractivity contribution is 6.04. The minimum absolute atomic E-state index is 0.184. The van der Waals surface area contributed by atoms with Crippen molar-refractivity contribution in [3.63, 3.8) is 0 Å². The molecule has 0 fully saturated rings. The van der Waals surface area contributed by atoms with Crippen LogP contribution < -0.4 is 10.1 Å². The maximum atomic E-state index is 12.3. The number of rotatable bonds is 3. The first kappa shape index (κ1) is 12.6. The Kier molecular flexibility index (Phi) is 3.33. The van der Waals surface area contributed by atoms with Crippen LogP contribution in [0.25, 0.3) is 0 Å². The molecule has 0 spiro atoms. The van der Waals surface area contributed by atoms with Gasteiger partial charge in [-0.1, -0.05) is 6.07 Å². The third-order valence-corrected chi connectivity index (χ3v) is 3.44. The van der Waals surface area contributed by atoms with Crippen molar-refractivity contribution in [3.8, 4) is 5.75 Å². The van der Waals surface area contributed by atoms with Crippen LogP contribution in [0.5, 0.6) is 5.75 Å². The summed E-state index contributed by atoms with van der Waals surface area (Å²) in [6.45, 7) is 0. The van der Waals surface area contributed by atoms with E-state index in [1.165, 1.54) is 6.33 Å². The normalized spacial score (nSPS) is 12.8. The Balaban J connectivity index is 1.84. The van der Waals surface area contributed by atoms with Crippen molar-refractivity contribution in [1.29, 1.82) is 0 Å². The lowest BCUT2D eigenvalue weighted by Crippen LogP contribution is -2.15. The molecular formula is C15H15N3O2. The lowest BCUT2D eigenvalue weighted by atomic mass is 10.2. The lowest BCUT2D eigenvalue weighted by molar-refractivity contribution is 0.102. The van der Waals surface area contributed by atoms with Crippen molar-refractivity contribution < 1.29 is 9.53 Å². The quantitative estimate of drug-likeness (QED) is 0.928. The fourth-order valence-corrected chi connectivity index (χ4v) is 2.41. The van der Waals surface area contributed by atoms with Crippen molar-refractivity contribution in [1.82, 2.24) is 9.97 Å². The Bertz CT molecular complexity index is 655. The highest BCUT2D eigenvalue weighted by atomic mass is 16.5. The number of benzene rings is 1. The number of hydrogen-bond acceptors (Lipinski definition) is 4. The van der Waals surface area contributed by atoms with Crippen molar-refractivity contribution >= 4 is 11.7 Å². The second-order valence-corrected chi connectivity index (χ2v) is 4.69.